The Bertz CT molecular complexity index is 1410. The first-order valence-corrected chi connectivity index (χ1v) is 10.9. The Morgan fingerprint density at radius 2 is 1.97 bits per heavy atom. The third kappa shape index (κ3) is 5.21. The van der Waals surface area contributed by atoms with E-state index < -0.39 is 11.9 Å². The number of pyridine rings is 2. The van der Waals surface area contributed by atoms with E-state index in [0.717, 1.165) is 48.7 Å². The van der Waals surface area contributed by atoms with Crippen LogP contribution in [0.4, 0.5) is 13.2 Å². The fourth-order valence-electron chi connectivity index (χ4n) is 4.21. The Morgan fingerprint density at radius 1 is 1.14 bits per heavy atom. The predicted molar refractivity (Wildman–Crippen MR) is 127 cm³/mol. The van der Waals surface area contributed by atoms with Crippen LogP contribution in [-0.2, 0) is 25.7 Å². The van der Waals surface area contributed by atoms with Gasteiger partial charge < -0.3 is 14.1 Å². The Kier molecular flexibility index (Phi) is 6.91. The van der Waals surface area contributed by atoms with Gasteiger partial charge in [0.25, 0.3) is 5.56 Å². The standard InChI is InChI=1S/C25H22F3N3O3.ClH/c1-30-10-3-5-21-20(14-30)19-8-7-17(12-22(19)34-21)31-11-9-18(13-24(31)32)33-15-16-4-2-6-23(29-16)25(26,27)28;/h2,4,6-9,11-13H,3,5,10,14-15H2,1H3;1H. The molecule has 1 aliphatic heterocycles. The van der Waals surface area contributed by atoms with Gasteiger partial charge in [0.1, 0.15) is 29.4 Å². The number of ether oxygens (including phenoxy) is 1. The number of hydrogen-bond donors (Lipinski definition) is 0. The Hall–Kier alpha value is -3.30. The minimum atomic E-state index is -4.53. The van der Waals surface area contributed by atoms with Crippen LogP contribution in [-0.4, -0.2) is 28.0 Å². The van der Waals surface area contributed by atoms with Gasteiger partial charge in [-0.1, -0.05) is 6.07 Å². The zero-order chi connectivity index (χ0) is 23.9. The lowest BCUT2D eigenvalue weighted by Crippen LogP contribution is -2.17. The molecular formula is C25H23ClF3N3O3. The molecule has 4 aromatic rings. The Morgan fingerprint density at radius 3 is 2.74 bits per heavy atom. The van der Waals surface area contributed by atoms with Gasteiger partial charge in [0, 0.05) is 42.2 Å². The molecule has 0 saturated heterocycles. The number of aryl methyl sites for hydroxylation is 1. The molecule has 0 bridgehead atoms. The van der Waals surface area contributed by atoms with Crippen molar-refractivity contribution in [2.24, 2.45) is 0 Å². The normalized spacial score (nSPS) is 14.3. The van der Waals surface area contributed by atoms with Crippen molar-refractivity contribution < 1.29 is 22.3 Å². The highest BCUT2D eigenvalue weighted by molar-refractivity contribution is 5.85. The number of rotatable bonds is 4. The van der Waals surface area contributed by atoms with Gasteiger partial charge in [0.2, 0.25) is 0 Å². The Labute approximate surface area is 205 Å². The summed E-state index contributed by atoms with van der Waals surface area (Å²) in [5, 5.41) is 1.05. The topological polar surface area (TPSA) is 60.5 Å². The fraction of sp³-hybridized carbons (Fsp3) is 0.280. The quantitative estimate of drug-likeness (QED) is 0.373. The summed E-state index contributed by atoms with van der Waals surface area (Å²) in [7, 11) is 2.09. The third-order valence-electron chi connectivity index (χ3n) is 5.88. The molecule has 4 heterocycles. The number of fused-ring (bicyclic) bond motifs is 3. The van der Waals surface area contributed by atoms with Crippen LogP contribution in [0.5, 0.6) is 5.75 Å². The van der Waals surface area contributed by atoms with E-state index in [1.807, 2.05) is 18.2 Å². The zero-order valence-electron chi connectivity index (χ0n) is 18.8. The molecule has 0 fully saturated rings. The SMILES string of the molecule is CN1CCCc2oc3cc(-n4ccc(OCc5cccc(C(F)(F)F)n5)cc4=O)ccc3c2C1.Cl. The van der Waals surface area contributed by atoms with Crippen molar-refractivity contribution in [3.63, 3.8) is 0 Å². The summed E-state index contributed by atoms with van der Waals surface area (Å²) in [6, 6.07) is 12.2. The van der Waals surface area contributed by atoms with E-state index in [-0.39, 0.29) is 36.0 Å². The first-order valence-electron chi connectivity index (χ1n) is 10.9. The minimum Gasteiger partial charge on any atom is -0.487 e. The summed E-state index contributed by atoms with van der Waals surface area (Å²) in [5.74, 6) is 1.24. The van der Waals surface area contributed by atoms with Gasteiger partial charge in [-0.05, 0) is 50.3 Å². The highest BCUT2D eigenvalue weighted by atomic mass is 35.5. The lowest BCUT2D eigenvalue weighted by Gasteiger charge is -2.12. The maximum absolute atomic E-state index is 12.8. The predicted octanol–water partition coefficient (Wildman–Crippen LogP) is 5.38. The summed E-state index contributed by atoms with van der Waals surface area (Å²) >= 11 is 0. The molecule has 5 rings (SSSR count). The van der Waals surface area contributed by atoms with Crippen LogP contribution in [0.2, 0.25) is 0 Å². The van der Waals surface area contributed by atoms with Crippen molar-refractivity contribution in [3.8, 4) is 11.4 Å². The average molecular weight is 506 g/mol. The van der Waals surface area contributed by atoms with E-state index in [1.54, 1.807) is 12.3 Å². The molecule has 35 heavy (non-hydrogen) atoms. The summed E-state index contributed by atoms with van der Waals surface area (Å²) in [6.45, 7) is 1.66. The summed E-state index contributed by atoms with van der Waals surface area (Å²) < 4.78 is 51.6. The van der Waals surface area contributed by atoms with Crippen molar-refractivity contribution in [2.45, 2.75) is 32.2 Å². The summed E-state index contributed by atoms with van der Waals surface area (Å²) in [5.41, 5.74) is 1.39. The van der Waals surface area contributed by atoms with Gasteiger partial charge in [0.05, 0.1) is 11.4 Å². The van der Waals surface area contributed by atoms with Crippen molar-refractivity contribution in [3.05, 3.63) is 87.8 Å². The third-order valence-corrected chi connectivity index (χ3v) is 5.88. The van der Waals surface area contributed by atoms with Gasteiger partial charge >= 0.3 is 6.18 Å². The first-order chi connectivity index (χ1) is 16.3. The number of furan rings is 1. The van der Waals surface area contributed by atoms with Crippen molar-refractivity contribution in [2.75, 3.05) is 13.6 Å². The van der Waals surface area contributed by atoms with Crippen LogP contribution >= 0.6 is 12.4 Å². The van der Waals surface area contributed by atoms with Gasteiger partial charge in [0.15, 0.2) is 0 Å². The minimum absolute atomic E-state index is 0. The summed E-state index contributed by atoms with van der Waals surface area (Å²) in [6.07, 6.45) is -1.04. The van der Waals surface area contributed by atoms with E-state index >= 15 is 0 Å². The van der Waals surface area contributed by atoms with E-state index in [0.29, 0.717) is 5.69 Å². The fourth-order valence-corrected chi connectivity index (χ4v) is 4.21. The molecule has 1 aromatic carbocycles. The number of nitrogens with zero attached hydrogens (tertiary/aromatic N) is 3. The second-order valence-corrected chi connectivity index (χ2v) is 8.40. The van der Waals surface area contributed by atoms with Crippen LogP contribution in [0.15, 0.2) is 63.9 Å². The van der Waals surface area contributed by atoms with Crippen molar-refractivity contribution >= 4 is 23.4 Å². The Balaban J connectivity index is 0.00000289. The molecule has 0 N–H and O–H groups in total. The number of hydrogen-bond acceptors (Lipinski definition) is 5. The van der Waals surface area contributed by atoms with Crippen LogP contribution in [0, 0.1) is 0 Å². The first kappa shape index (κ1) is 24.8. The number of aromatic nitrogens is 2. The molecule has 6 nitrogen and oxygen atoms in total. The second-order valence-electron chi connectivity index (χ2n) is 8.40. The van der Waals surface area contributed by atoms with Crippen LogP contribution in [0.1, 0.15) is 29.1 Å². The highest BCUT2D eigenvalue weighted by Gasteiger charge is 2.32. The van der Waals surface area contributed by atoms with E-state index in [2.05, 4.69) is 16.9 Å². The lowest BCUT2D eigenvalue weighted by molar-refractivity contribution is -0.141. The maximum Gasteiger partial charge on any atom is 0.433 e. The molecule has 184 valence electrons. The number of alkyl halides is 3. The van der Waals surface area contributed by atoms with Crippen molar-refractivity contribution in [1.29, 1.82) is 0 Å². The number of halogens is 4. The van der Waals surface area contributed by atoms with Crippen molar-refractivity contribution in [1.82, 2.24) is 14.5 Å². The largest absolute Gasteiger partial charge is 0.487 e. The van der Waals surface area contributed by atoms with E-state index in [4.69, 9.17) is 9.15 Å². The summed E-state index contributed by atoms with van der Waals surface area (Å²) in [4.78, 5) is 18.6. The smallest absolute Gasteiger partial charge is 0.433 e. The van der Waals surface area contributed by atoms with E-state index in [1.165, 1.54) is 28.3 Å². The molecular weight excluding hydrogens is 483 g/mol. The average Bonchev–Trinajstić information content (AvgIpc) is 3.02. The molecule has 0 saturated carbocycles. The van der Waals surface area contributed by atoms with Gasteiger partial charge in [-0.25, -0.2) is 4.98 Å². The molecule has 3 aromatic heterocycles. The molecule has 0 radical (unpaired) electrons. The second kappa shape index (κ2) is 9.75. The molecule has 0 aliphatic carbocycles. The van der Waals surface area contributed by atoms with Gasteiger partial charge in [-0.2, -0.15) is 13.2 Å². The zero-order valence-corrected chi connectivity index (χ0v) is 19.7. The maximum atomic E-state index is 12.8. The molecule has 0 atom stereocenters. The van der Waals surface area contributed by atoms with Crippen LogP contribution in [0.25, 0.3) is 16.7 Å². The molecule has 0 amide bonds. The van der Waals surface area contributed by atoms with Gasteiger partial charge in [-0.15, -0.1) is 12.4 Å². The highest BCUT2D eigenvalue weighted by Crippen LogP contribution is 2.31. The number of benzene rings is 1. The lowest BCUT2D eigenvalue weighted by atomic mass is 10.1. The molecule has 1 aliphatic rings. The molecule has 0 unspecified atom stereocenters. The van der Waals surface area contributed by atoms with Gasteiger partial charge in [-0.3, -0.25) is 9.36 Å². The monoisotopic (exact) mass is 505 g/mol. The van der Waals surface area contributed by atoms with Crippen LogP contribution < -0.4 is 10.3 Å². The molecule has 0 spiro atoms. The van der Waals surface area contributed by atoms with E-state index in [9.17, 15) is 18.0 Å². The van der Waals surface area contributed by atoms with Crippen LogP contribution in [0.3, 0.4) is 0 Å². The molecule has 10 heteroatoms.